The van der Waals surface area contributed by atoms with Crippen molar-refractivity contribution in [2.45, 2.75) is 25.3 Å². The van der Waals surface area contributed by atoms with E-state index >= 15 is 0 Å². The maximum absolute atomic E-state index is 12.7. The second kappa shape index (κ2) is 8.72. The van der Waals surface area contributed by atoms with E-state index in [1.165, 1.54) is 0 Å². The van der Waals surface area contributed by atoms with E-state index in [0.29, 0.717) is 23.9 Å². The minimum atomic E-state index is 0.0505. The molecule has 0 radical (unpaired) electrons. The van der Waals surface area contributed by atoms with Crippen molar-refractivity contribution >= 4 is 5.91 Å². The number of methoxy groups -OCH3 is 1. The van der Waals surface area contributed by atoms with Crippen LogP contribution in [0.25, 0.3) is 0 Å². The van der Waals surface area contributed by atoms with Crippen molar-refractivity contribution in [1.82, 2.24) is 24.6 Å². The molecule has 4 rings (SSSR count). The number of carbonyl (C=O) groups excluding carboxylic acids is 1. The molecular weight excluding hydrogens is 370 g/mol. The van der Waals surface area contributed by atoms with E-state index in [1.807, 2.05) is 35.2 Å². The number of benzene rings is 1. The van der Waals surface area contributed by atoms with Crippen LogP contribution in [0.5, 0.6) is 17.4 Å². The smallest absolute Gasteiger partial charge is 0.244 e. The van der Waals surface area contributed by atoms with Gasteiger partial charge in [-0.25, -0.2) is 4.98 Å². The quantitative estimate of drug-likeness (QED) is 0.640. The average molecular weight is 393 g/mol. The summed E-state index contributed by atoms with van der Waals surface area (Å²) in [5.41, 5.74) is 0.759. The molecule has 3 aromatic rings. The normalized spacial score (nSPS) is 16.4. The van der Waals surface area contributed by atoms with Crippen molar-refractivity contribution in [2.24, 2.45) is 0 Å². The van der Waals surface area contributed by atoms with Crippen LogP contribution in [-0.4, -0.2) is 50.8 Å². The molecule has 1 atom stereocenters. The molecule has 1 aliphatic heterocycles. The molecule has 0 saturated carbocycles. The van der Waals surface area contributed by atoms with Gasteiger partial charge >= 0.3 is 0 Å². The highest BCUT2D eigenvalue weighted by Crippen LogP contribution is 2.35. The summed E-state index contributed by atoms with van der Waals surface area (Å²) in [5, 5.41) is 4.12. The third kappa shape index (κ3) is 4.37. The molecule has 1 aromatic carbocycles. The van der Waals surface area contributed by atoms with E-state index in [4.69, 9.17) is 9.47 Å². The van der Waals surface area contributed by atoms with Crippen molar-refractivity contribution in [1.29, 1.82) is 0 Å². The zero-order valence-corrected chi connectivity index (χ0v) is 16.3. The van der Waals surface area contributed by atoms with Crippen LogP contribution in [0.15, 0.2) is 55.1 Å². The topological polar surface area (TPSA) is 82.4 Å². The van der Waals surface area contributed by atoms with Gasteiger partial charge < -0.3 is 14.4 Å². The number of aromatic nitrogens is 4. The van der Waals surface area contributed by atoms with E-state index in [-0.39, 0.29) is 18.4 Å². The van der Waals surface area contributed by atoms with Crippen molar-refractivity contribution in [2.75, 3.05) is 20.2 Å². The highest BCUT2D eigenvalue weighted by atomic mass is 16.5. The number of hydrogen-bond acceptors (Lipinski definition) is 6. The van der Waals surface area contributed by atoms with Gasteiger partial charge in [0.15, 0.2) is 11.5 Å². The van der Waals surface area contributed by atoms with Gasteiger partial charge in [0.05, 0.1) is 7.11 Å². The van der Waals surface area contributed by atoms with Crippen LogP contribution in [0.4, 0.5) is 0 Å². The fraction of sp³-hybridized carbons (Fsp3) is 0.333. The summed E-state index contributed by atoms with van der Waals surface area (Å²) in [6.45, 7) is 1.56. The fourth-order valence-corrected chi connectivity index (χ4v) is 3.56. The van der Waals surface area contributed by atoms with Gasteiger partial charge in [-0.1, -0.05) is 12.1 Å². The summed E-state index contributed by atoms with van der Waals surface area (Å²) in [5.74, 6) is 1.77. The van der Waals surface area contributed by atoms with Gasteiger partial charge in [-0.2, -0.15) is 5.10 Å². The first-order valence-electron chi connectivity index (χ1n) is 9.61. The van der Waals surface area contributed by atoms with Crippen molar-refractivity contribution in [3.63, 3.8) is 0 Å². The largest absolute Gasteiger partial charge is 0.493 e. The van der Waals surface area contributed by atoms with E-state index in [9.17, 15) is 4.79 Å². The second-order valence-electron chi connectivity index (χ2n) is 6.88. The molecule has 150 valence electrons. The number of hydrogen-bond donors (Lipinski definition) is 0. The lowest BCUT2D eigenvalue weighted by molar-refractivity contribution is -0.133. The number of carbonyl (C=O) groups is 1. The fourth-order valence-electron chi connectivity index (χ4n) is 3.56. The third-order valence-electron chi connectivity index (χ3n) is 4.98. The van der Waals surface area contributed by atoms with Gasteiger partial charge in [0, 0.05) is 43.8 Å². The number of ether oxygens (including phenoxy) is 2. The van der Waals surface area contributed by atoms with Crippen LogP contribution in [0, 0.1) is 0 Å². The molecule has 1 fully saturated rings. The Labute approximate surface area is 169 Å². The molecular formula is C21H23N5O3. The molecule has 1 amide bonds. The predicted octanol–water partition coefficient (Wildman–Crippen LogP) is 2.88. The van der Waals surface area contributed by atoms with Gasteiger partial charge in [-0.05, 0) is 31.0 Å². The highest BCUT2D eigenvalue weighted by Gasteiger charge is 2.28. The van der Waals surface area contributed by atoms with E-state index in [2.05, 4.69) is 15.1 Å². The summed E-state index contributed by atoms with van der Waals surface area (Å²) in [6, 6.07) is 9.24. The molecule has 0 bridgehead atoms. The Kier molecular flexibility index (Phi) is 5.69. The summed E-state index contributed by atoms with van der Waals surface area (Å²) < 4.78 is 13.1. The minimum absolute atomic E-state index is 0.0505. The van der Waals surface area contributed by atoms with Gasteiger partial charge in [0.1, 0.15) is 12.2 Å². The molecule has 8 nitrogen and oxygen atoms in total. The zero-order chi connectivity index (χ0) is 20.1. The van der Waals surface area contributed by atoms with Crippen LogP contribution in [0.1, 0.15) is 24.5 Å². The number of likely N-dealkylation sites (tertiary alicyclic amines) is 1. The lowest BCUT2D eigenvalue weighted by Gasteiger charge is -2.32. The van der Waals surface area contributed by atoms with Gasteiger partial charge in [0.25, 0.3) is 0 Å². The number of piperidine rings is 1. The lowest BCUT2D eigenvalue weighted by Crippen LogP contribution is -2.41. The van der Waals surface area contributed by atoms with Crippen LogP contribution in [0.3, 0.4) is 0 Å². The molecule has 8 heteroatoms. The SMILES string of the molecule is COc1ccccc1Oc1nccnc1C1CCCN(C(=O)Cn2cccn2)C1. The predicted molar refractivity (Wildman–Crippen MR) is 106 cm³/mol. The summed E-state index contributed by atoms with van der Waals surface area (Å²) >= 11 is 0. The summed E-state index contributed by atoms with van der Waals surface area (Å²) in [7, 11) is 1.60. The van der Waals surface area contributed by atoms with Gasteiger partial charge in [-0.3, -0.25) is 14.5 Å². The first kappa shape index (κ1) is 18.9. The monoisotopic (exact) mass is 393 g/mol. The Hall–Kier alpha value is -3.42. The second-order valence-corrected chi connectivity index (χ2v) is 6.88. The molecule has 0 spiro atoms. The average Bonchev–Trinajstić information content (AvgIpc) is 3.28. The molecule has 2 aromatic heterocycles. The summed E-state index contributed by atoms with van der Waals surface area (Å²) in [4.78, 5) is 23.5. The van der Waals surface area contributed by atoms with E-state index in [1.54, 1.807) is 36.6 Å². The van der Waals surface area contributed by atoms with E-state index in [0.717, 1.165) is 25.1 Å². The lowest BCUT2D eigenvalue weighted by atomic mass is 9.94. The van der Waals surface area contributed by atoms with Crippen LogP contribution in [-0.2, 0) is 11.3 Å². The molecule has 1 unspecified atom stereocenters. The number of amides is 1. The standard InChI is InChI=1S/C21H23N5O3/c1-28-17-7-2-3-8-18(17)29-21-20(22-10-11-23-21)16-6-4-12-25(14-16)19(27)15-26-13-5-9-24-26/h2-3,5,7-11,13,16H,4,6,12,14-15H2,1H3. The Morgan fingerprint density at radius 1 is 1.14 bits per heavy atom. The molecule has 3 heterocycles. The third-order valence-corrected chi connectivity index (χ3v) is 4.98. The van der Waals surface area contributed by atoms with Gasteiger partial charge in [-0.15, -0.1) is 0 Å². The molecule has 0 aliphatic carbocycles. The first-order chi connectivity index (χ1) is 14.2. The summed E-state index contributed by atoms with van der Waals surface area (Å²) in [6.07, 6.45) is 8.56. The van der Waals surface area contributed by atoms with Gasteiger partial charge in [0.2, 0.25) is 11.8 Å². The number of para-hydroxylation sites is 2. The Balaban J connectivity index is 1.51. The molecule has 0 N–H and O–H groups in total. The Morgan fingerprint density at radius 3 is 2.76 bits per heavy atom. The maximum atomic E-state index is 12.7. The minimum Gasteiger partial charge on any atom is -0.493 e. The van der Waals surface area contributed by atoms with Crippen LogP contribution < -0.4 is 9.47 Å². The number of nitrogens with zero attached hydrogens (tertiary/aromatic N) is 5. The zero-order valence-electron chi connectivity index (χ0n) is 16.3. The molecule has 1 saturated heterocycles. The van der Waals surface area contributed by atoms with Crippen molar-refractivity contribution in [3.8, 4) is 17.4 Å². The van der Waals surface area contributed by atoms with E-state index < -0.39 is 0 Å². The highest BCUT2D eigenvalue weighted by molar-refractivity contribution is 5.76. The number of rotatable bonds is 6. The van der Waals surface area contributed by atoms with Crippen molar-refractivity contribution < 1.29 is 14.3 Å². The Bertz CT molecular complexity index is 960. The molecule has 1 aliphatic rings. The van der Waals surface area contributed by atoms with Crippen LogP contribution in [0.2, 0.25) is 0 Å². The Morgan fingerprint density at radius 2 is 1.97 bits per heavy atom. The van der Waals surface area contributed by atoms with Crippen LogP contribution >= 0.6 is 0 Å². The molecule has 29 heavy (non-hydrogen) atoms. The first-order valence-corrected chi connectivity index (χ1v) is 9.61. The van der Waals surface area contributed by atoms with Crippen molar-refractivity contribution in [3.05, 3.63) is 60.8 Å². The maximum Gasteiger partial charge on any atom is 0.244 e.